The first kappa shape index (κ1) is 12.9. The van der Waals surface area contributed by atoms with Crippen LogP contribution in [-0.4, -0.2) is 36.6 Å². The molecular formula is C11H26N2. The van der Waals surface area contributed by atoms with Crippen molar-refractivity contribution in [2.75, 3.05) is 26.2 Å². The molecule has 2 nitrogen and oxygen atoms in total. The van der Waals surface area contributed by atoms with Crippen molar-refractivity contribution in [1.82, 2.24) is 10.2 Å². The highest BCUT2D eigenvalue weighted by Gasteiger charge is 2.18. The first-order valence-corrected chi connectivity index (χ1v) is 5.53. The average Bonchev–Trinajstić information content (AvgIpc) is 2.03. The van der Waals surface area contributed by atoms with E-state index in [1.807, 2.05) is 0 Å². The summed E-state index contributed by atoms with van der Waals surface area (Å²) in [6.07, 6.45) is 1.25. The van der Waals surface area contributed by atoms with Crippen LogP contribution in [0.15, 0.2) is 0 Å². The average molecular weight is 186 g/mol. The quantitative estimate of drug-likeness (QED) is 0.655. The molecule has 0 aromatic carbocycles. The maximum Gasteiger partial charge on any atom is 0.0252 e. The summed E-state index contributed by atoms with van der Waals surface area (Å²) in [6, 6.07) is 0. The summed E-state index contributed by atoms with van der Waals surface area (Å²) in [6.45, 7) is 15.7. The van der Waals surface area contributed by atoms with E-state index in [4.69, 9.17) is 0 Å². The topological polar surface area (TPSA) is 15.3 Å². The van der Waals surface area contributed by atoms with Crippen molar-refractivity contribution in [1.29, 1.82) is 0 Å². The molecule has 0 fully saturated rings. The van der Waals surface area contributed by atoms with Gasteiger partial charge in [0.25, 0.3) is 0 Å². The summed E-state index contributed by atoms with van der Waals surface area (Å²) in [7, 11) is 0. The zero-order valence-electron chi connectivity index (χ0n) is 9.98. The van der Waals surface area contributed by atoms with E-state index >= 15 is 0 Å². The van der Waals surface area contributed by atoms with Crippen molar-refractivity contribution in [2.45, 2.75) is 46.6 Å². The second kappa shape index (κ2) is 6.39. The second-order valence-electron chi connectivity index (χ2n) is 4.28. The molecule has 1 N–H and O–H groups in total. The van der Waals surface area contributed by atoms with Gasteiger partial charge in [0.05, 0.1) is 0 Å². The number of rotatable bonds is 7. The zero-order valence-corrected chi connectivity index (χ0v) is 9.98. The molecule has 13 heavy (non-hydrogen) atoms. The van der Waals surface area contributed by atoms with Gasteiger partial charge >= 0.3 is 0 Å². The van der Waals surface area contributed by atoms with E-state index in [0.717, 1.165) is 19.6 Å². The Bertz CT molecular complexity index is 121. The first-order valence-electron chi connectivity index (χ1n) is 5.53. The van der Waals surface area contributed by atoms with E-state index in [9.17, 15) is 0 Å². The van der Waals surface area contributed by atoms with Gasteiger partial charge in [-0.1, -0.05) is 20.8 Å². The van der Waals surface area contributed by atoms with E-state index in [0.29, 0.717) is 0 Å². The van der Waals surface area contributed by atoms with E-state index in [1.54, 1.807) is 0 Å². The number of hydrogen-bond donors (Lipinski definition) is 1. The van der Waals surface area contributed by atoms with Crippen molar-refractivity contribution < 1.29 is 0 Å². The summed E-state index contributed by atoms with van der Waals surface area (Å²) >= 11 is 0. The van der Waals surface area contributed by atoms with Gasteiger partial charge in [-0.3, -0.25) is 0 Å². The molecule has 0 aliphatic rings. The van der Waals surface area contributed by atoms with E-state index in [1.165, 1.54) is 13.0 Å². The molecule has 0 atom stereocenters. The van der Waals surface area contributed by atoms with Crippen LogP contribution in [0.5, 0.6) is 0 Å². The molecule has 0 aliphatic carbocycles. The highest BCUT2D eigenvalue weighted by molar-refractivity contribution is 4.80. The van der Waals surface area contributed by atoms with Gasteiger partial charge in [-0.15, -0.1) is 0 Å². The number of nitrogens with one attached hydrogen (secondary N) is 1. The lowest BCUT2D eigenvalue weighted by Crippen LogP contribution is -2.49. The number of hydrogen-bond acceptors (Lipinski definition) is 2. The van der Waals surface area contributed by atoms with Crippen LogP contribution in [0.25, 0.3) is 0 Å². The van der Waals surface area contributed by atoms with Crippen LogP contribution in [0.4, 0.5) is 0 Å². The van der Waals surface area contributed by atoms with Gasteiger partial charge < -0.3 is 10.2 Å². The highest BCUT2D eigenvalue weighted by atomic mass is 15.2. The van der Waals surface area contributed by atoms with Gasteiger partial charge in [0, 0.05) is 12.1 Å². The first-order chi connectivity index (χ1) is 6.05. The second-order valence-corrected chi connectivity index (χ2v) is 4.28. The van der Waals surface area contributed by atoms with Crippen molar-refractivity contribution in [3.63, 3.8) is 0 Å². The predicted octanol–water partition coefficient (Wildman–Crippen LogP) is 2.11. The zero-order chi connectivity index (χ0) is 10.3. The van der Waals surface area contributed by atoms with Crippen LogP contribution in [-0.2, 0) is 0 Å². The Morgan fingerprint density at radius 3 is 2.15 bits per heavy atom. The summed E-state index contributed by atoms with van der Waals surface area (Å²) in [4.78, 5) is 2.50. The Morgan fingerprint density at radius 2 is 1.77 bits per heavy atom. The van der Waals surface area contributed by atoms with Gasteiger partial charge in [0.2, 0.25) is 0 Å². The summed E-state index contributed by atoms with van der Waals surface area (Å²) < 4.78 is 0. The van der Waals surface area contributed by atoms with E-state index < -0.39 is 0 Å². The van der Waals surface area contributed by atoms with Crippen LogP contribution < -0.4 is 5.32 Å². The van der Waals surface area contributed by atoms with E-state index in [-0.39, 0.29) is 5.54 Å². The van der Waals surface area contributed by atoms with Crippen molar-refractivity contribution in [3.05, 3.63) is 0 Å². The van der Waals surface area contributed by atoms with Gasteiger partial charge in [0.15, 0.2) is 0 Å². The molecule has 0 aromatic rings. The third-order valence-corrected chi connectivity index (χ3v) is 2.26. The van der Waals surface area contributed by atoms with Crippen LogP contribution in [0.1, 0.15) is 41.0 Å². The Labute approximate surface area is 83.7 Å². The smallest absolute Gasteiger partial charge is 0.0252 e. The van der Waals surface area contributed by atoms with Crippen molar-refractivity contribution in [3.8, 4) is 0 Å². The maximum absolute atomic E-state index is 3.50. The normalized spacial score (nSPS) is 12.5. The standard InChI is InChI=1S/C11H26N2/c1-6-9-13(8-3)10-11(4,5)12-7-2/h12H,6-10H2,1-5H3. The third-order valence-electron chi connectivity index (χ3n) is 2.26. The lowest BCUT2D eigenvalue weighted by molar-refractivity contribution is 0.210. The van der Waals surface area contributed by atoms with Gasteiger partial charge in [-0.05, 0) is 39.9 Å². The lowest BCUT2D eigenvalue weighted by atomic mass is 10.0. The molecule has 0 unspecified atom stereocenters. The summed E-state index contributed by atoms with van der Waals surface area (Å²) in [5.41, 5.74) is 0.250. The molecule has 0 radical (unpaired) electrons. The molecule has 0 rings (SSSR count). The summed E-state index contributed by atoms with van der Waals surface area (Å²) in [5, 5.41) is 3.50. The monoisotopic (exact) mass is 186 g/mol. The predicted molar refractivity (Wildman–Crippen MR) is 60.2 cm³/mol. The molecule has 0 aliphatic heterocycles. The molecule has 80 valence electrons. The minimum Gasteiger partial charge on any atom is -0.311 e. The fraction of sp³-hybridized carbons (Fsp3) is 1.00. The van der Waals surface area contributed by atoms with Crippen LogP contribution >= 0.6 is 0 Å². The fourth-order valence-corrected chi connectivity index (χ4v) is 1.76. The molecule has 0 aromatic heterocycles. The number of nitrogens with zero attached hydrogens (tertiary/aromatic N) is 1. The summed E-state index contributed by atoms with van der Waals surface area (Å²) in [5.74, 6) is 0. The Hall–Kier alpha value is -0.0800. The van der Waals surface area contributed by atoms with Gasteiger partial charge in [-0.25, -0.2) is 0 Å². The Kier molecular flexibility index (Phi) is 6.35. The molecule has 0 spiro atoms. The van der Waals surface area contributed by atoms with Crippen molar-refractivity contribution >= 4 is 0 Å². The van der Waals surface area contributed by atoms with Crippen molar-refractivity contribution in [2.24, 2.45) is 0 Å². The molecule has 0 saturated carbocycles. The molecular weight excluding hydrogens is 160 g/mol. The van der Waals surface area contributed by atoms with E-state index in [2.05, 4.69) is 44.8 Å². The number of likely N-dealkylation sites (N-methyl/N-ethyl adjacent to an activating group) is 2. The molecule has 0 heterocycles. The minimum atomic E-state index is 0.250. The van der Waals surface area contributed by atoms with Gasteiger partial charge in [-0.2, -0.15) is 0 Å². The Balaban J connectivity index is 3.89. The van der Waals surface area contributed by atoms with Gasteiger partial charge in [0.1, 0.15) is 0 Å². The van der Waals surface area contributed by atoms with Crippen LogP contribution in [0, 0.1) is 0 Å². The van der Waals surface area contributed by atoms with Crippen LogP contribution in [0.3, 0.4) is 0 Å². The third kappa shape index (κ3) is 6.05. The molecule has 2 heteroatoms. The fourth-order valence-electron chi connectivity index (χ4n) is 1.76. The van der Waals surface area contributed by atoms with Crippen LogP contribution in [0.2, 0.25) is 0 Å². The molecule has 0 saturated heterocycles. The molecule has 0 bridgehead atoms. The highest BCUT2D eigenvalue weighted by Crippen LogP contribution is 2.05. The SMILES string of the molecule is CCCN(CC)CC(C)(C)NCC. The largest absolute Gasteiger partial charge is 0.311 e. The lowest BCUT2D eigenvalue weighted by Gasteiger charge is -2.32. The minimum absolute atomic E-state index is 0.250. The maximum atomic E-state index is 3.50. The Morgan fingerprint density at radius 1 is 1.15 bits per heavy atom. The molecule has 0 amide bonds.